The van der Waals surface area contributed by atoms with Crippen molar-refractivity contribution in [3.8, 4) is 5.75 Å². The number of rotatable bonds is 9. The summed E-state index contributed by atoms with van der Waals surface area (Å²) < 4.78 is 5.34. The molecule has 4 nitrogen and oxygen atoms in total. The van der Waals surface area contributed by atoms with Gasteiger partial charge in [-0.25, -0.2) is 4.79 Å². The smallest absolute Gasteiger partial charge is 0.376 e. The maximum atomic E-state index is 11.8. The highest BCUT2D eigenvalue weighted by Gasteiger charge is 2.14. The molecular weight excluding hydrogens is 244 g/mol. The van der Waals surface area contributed by atoms with Gasteiger partial charge in [0.05, 0.1) is 6.61 Å². The molecule has 0 unspecified atom stereocenters. The van der Waals surface area contributed by atoms with E-state index in [2.05, 4.69) is 6.92 Å². The SMILES string of the molecule is [CH2]CCCC[CH]OOC(=O)c1ccccc1OCC. The highest BCUT2D eigenvalue weighted by molar-refractivity contribution is 5.92. The third-order valence-electron chi connectivity index (χ3n) is 2.42. The van der Waals surface area contributed by atoms with Crippen LogP contribution in [0.25, 0.3) is 0 Å². The van der Waals surface area contributed by atoms with E-state index in [1.54, 1.807) is 24.3 Å². The van der Waals surface area contributed by atoms with Crippen LogP contribution in [0.3, 0.4) is 0 Å². The number of hydrogen-bond acceptors (Lipinski definition) is 4. The molecule has 0 aliphatic carbocycles. The van der Waals surface area contributed by atoms with Crippen molar-refractivity contribution >= 4 is 5.97 Å². The first-order chi connectivity index (χ1) is 9.29. The molecule has 0 aliphatic rings. The molecule has 4 heteroatoms. The minimum Gasteiger partial charge on any atom is -0.493 e. The Kier molecular flexibility index (Phi) is 7.66. The van der Waals surface area contributed by atoms with Gasteiger partial charge in [-0.3, -0.25) is 4.89 Å². The predicted molar refractivity (Wildman–Crippen MR) is 72.2 cm³/mol. The van der Waals surface area contributed by atoms with Gasteiger partial charge in [-0.1, -0.05) is 38.3 Å². The predicted octanol–water partition coefficient (Wildman–Crippen LogP) is 3.73. The number of benzene rings is 1. The molecule has 0 atom stereocenters. The van der Waals surface area contributed by atoms with E-state index < -0.39 is 5.97 Å². The molecular formula is C15H20O4. The van der Waals surface area contributed by atoms with Gasteiger partial charge in [0.25, 0.3) is 0 Å². The van der Waals surface area contributed by atoms with E-state index in [1.165, 1.54) is 6.61 Å². The van der Waals surface area contributed by atoms with Crippen molar-refractivity contribution < 1.29 is 19.3 Å². The van der Waals surface area contributed by atoms with Crippen molar-refractivity contribution in [3.05, 3.63) is 43.4 Å². The Hall–Kier alpha value is -1.55. The van der Waals surface area contributed by atoms with Crippen LogP contribution >= 0.6 is 0 Å². The van der Waals surface area contributed by atoms with Crippen LogP contribution in [0.1, 0.15) is 43.0 Å². The molecule has 19 heavy (non-hydrogen) atoms. The average Bonchev–Trinajstić information content (AvgIpc) is 2.43. The van der Waals surface area contributed by atoms with Crippen LogP contribution < -0.4 is 4.74 Å². The fourth-order valence-electron chi connectivity index (χ4n) is 1.49. The summed E-state index contributed by atoms with van der Waals surface area (Å²) in [6, 6.07) is 6.90. The van der Waals surface area contributed by atoms with Crippen LogP contribution in [0.4, 0.5) is 0 Å². The van der Waals surface area contributed by atoms with Crippen LogP contribution in [0, 0.1) is 13.5 Å². The number of ether oxygens (including phenoxy) is 1. The van der Waals surface area contributed by atoms with E-state index >= 15 is 0 Å². The van der Waals surface area contributed by atoms with Gasteiger partial charge in [-0.2, -0.15) is 4.89 Å². The fourth-order valence-corrected chi connectivity index (χ4v) is 1.49. The Morgan fingerprint density at radius 1 is 1.32 bits per heavy atom. The van der Waals surface area contributed by atoms with Gasteiger partial charge in [-0.15, -0.1) is 0 Å². The molecule has 0 spiro atoms. The van der Waals surface area contributed by atoms with Crippen LogP contribution in [0.5, 0.6) is 5.75 Å². The second-order valence-electron chi connectivity index (χ2n) is 3.91. The Balaban J connectivity index is 2.36. The topological polar surface area (TPSA) is 44.8 Å². The summed E-state index contributed by atoms with van der Waals surface area (Å²) in [6.07, 6.45) is 3.63. The third-order valence-corrected chi connectivity index (χ3v) is 2.42. The Bertz CT molecular complexity index is 376. The second kappa shape index (κ2) is 9.39. The monoisotopic (exact) mass is 264 g/mol. The summed E-state index contributed by atoms with van der Waals surface area (Å²) in [4.78, 5) is 21.3. The molecule has 1 aromatic carbocycles. The lowest BCUT2D eigenvalue weighted by Crippen LogP contribution is -2.08. The van der Waals surface area contributed by atoms with Crippen molar-refractivity contribution in [2.45, 2.75) is 32.6 Å². The first kappa shape index (κ1) is 15.5. The zero-order valence-electron chi connectivity index (χ0n) is 11.3. The van der Waals surface area contributed by atoms with E-state index in [9.17, 15) is 4.79 Å². The normalized spacial score (nSPS) is 10.2. The van der Waals surface area contributed by atoms with Crippen LogP contribution in [0.2, 0.25) is 0 Å². The molecule has 0 heterocycles. The molecule has 0 saturated heterocycles. The lowest BCUT2D eigenvalue weighted by Gasteiger charge is -2.08. The maximum Gasteiger partial charge on any atom is 0.376 e. The summed E-state index contributed by atoms with van der Waals surface area (Å²) in [6.45, 7) is 7.57. The largest absolute Gasteiger partial charge is 0.493 e. The second-order valence-corrected chi connectivity index (χ2v) is 3.91. The zero-order valence-corrected chi connectivity index (χ0v) is 11.3. The van der Waals surface area contributed by atoms with E-state index in [0.29, 0.717) is 17.9 Å². The number of unbranched alkanes of at least 4 members (excludes halogenated alkanes) is 3. The molecule has 0 aromatic heterocycles. The highest BCUT2D eigenvalue weighted by Crippen LogP contribution is 2.19. The van der Waals surface area contributed by atoms with Gasteiger partial charge < -0.3 is 4.74 Å². The van der Waals surface area contributed by atoms with Crippen LogP contribution in [-0.2, 0) is 9.78 Å². The van der Waals surface area contributed by atoms with E-state index in [4.69, 9.17) is 14.5 Å². The Morgan fingerprint density at radius 2 is 2.11 bits per heavy atom. The summed E-state index contributed by atoms with van der Waals surface area (Å²) in [7, 11) is 0. The van der Waals surface area contributed by atoms with Crippen molar-refractivity contribution in [2.24, 2.45) is 0 Å². The first-order valence-electron chi connectivity index (χ1n) is 6.50. The van der Waals surface area contributed by atoms with Crippen molar-refractivity contribution in [3.63, 3.8) is 0 Å². The molecule has 0 fully saturated rings. The van der Waals surface area contributed by atoms with Gasteiger partial charge in [-0.05, 0) is 25.5 Å². The Morgan fingerprint density at radius 3 is 2.84 bits per heavy atom. The highest BCUT2D eigenvalue weighted by atomic mass is 17.2. The summed E-state index contributed by atoms with van der Waals surface area (Å²) in [5.74, 6) is -0.0619. The van der Waals surface area contributed by atoms with Gasteiger partial charge in [0.15, 0.2) is 0 Å². The van der Waals surface area contributed by atoms with E-state index in [-0.39, 0.29) is 0 Å². The van der Waals surface area contributed by atoms with E-state index in [1.807, 2.05) is 6.92 Å². The molecule has 2 radical (unpaired) electrons. The van der Waals surface area contributed by atoms with E-state index in [0.717, 1.165) is 25.7 Å². The van der Waals surface area contributed by atoms with Gasteiger partial charge in [0.1, 0.15) is 17.9 Å². The van der Waals surface area contributed by atoms with Crippen molar-refractivity contribution in [1.29, 1.82) is 0 Å². The fraction of sp³-hybridized carbons (Fsp3) is 0.400. The van der Waals surface area contributed by atoms with Crippen molar-refractivity contribution in [1.82, 2.24) is 0 Å². The molecule has 0 saturated carbocycles. The quantitative estimate of drug-likeness (QED) is 0.387. The van der Waals surface area contributed by atoms with Crippen LogP contribution in [-0.4, -0.2) is 12.6 Å². The Labute approximate surface area is 114 Å². The number of carbonyl (C=O) groups is 1. The molecule has 1 rings (SSSR count). The molecule has 1 aromatic rings. The zero-order chi connectivity index (χ0) is 13.9. The average molecular weight is 264 g/mol. The number of hydrogen-bond donors (Lipinski definition) is 0. The lowest BCUT2D eigenvalue weighted by atomic mass is 10.2. The molecule has 0 N–H and O–H groups in total. The summed E-state index contributed by atoms with van der Waals surface area (Å²) in [5, 5.41) is 0. The molecule has 0 amide bonds. The van der Waals surface area contributed by atoms with Gasteiger partial charge in [0, 0.05) is 0 Å². The lowest BCUT2D eigenvalue weighted by molar-refractivity contribution is -0.213. The molecule has 0 aliphatic heterocycles. The minimum atomic E-state index is -0.558. The van der Waals surface area contributed by atoms with Gasteiger partial charge in [0.2, 0.25) is 0 Å². The maximum absolute atomic E-state index is 11.8. The minimum absolute atomic E-state index is 0.357. The standard InChI is InChI=1S/C15H20O4/c1-3-5-6-9-12-18-19-15(16)13-10-7-8-11-14(13)17-4-2/h7-8,10-12H,1,3-6,9H2,2H3. The van der Waals surface area contributed by atoms with Crippen LogP contribution in [0.15, 0.2) is 24.3 Å². The van der Waals surface area contributed by atoms with Gasteiger partial charge >= 0.3 is 5.97 Å². The number of para-hydroxylation sites is 1. The number of carbonyl (C=O) groups excluding carboxylic acids is 1. The van der Waals surface area contributed by atoms with Crippen molar-refractivity contribution in [2.75, 3.05) is 6.61 Å². The molecule has 0 bridgehead atoms. The molecule has 104 valence electrons. The summed E-state index contributed by atoms with van der Waals surface area (Å²) in [5.41, 5.74) is 0.357. The summed E-state index contributed by atoms with van der Waals surface area (Å²) >= 11 is 0. The first-order valence-corrected chi connectivity index (χ1v) is 6.50. The third kappa shape index (κ3) is 5.75.